The highest BCUT2D eigenvalue weighted by atomic mass is 16.2. The molecule has 2 bridgehead atoms. The smallest absolute Gasteiger partial charge is 0.317 e. The minimum absolute atomic E-state index is 0.138. The van der Waals surface area contributed by atoms with E-state index in [1.54, 1.807) is 19.2 Å². The first-order valence-corrected chi connectivity index (χ1v) is 10.0. The fraction of sp³-hybridized carbons (Fsp3) is 0.364. The number of fused-ring (bicyclic) bond motifs is 2. The zero-order valence-electron chi connectivity index (χ0n) is 16.0. The summed E-state index contributed by atoms with van der Waals surface area (Å²) < 4.78 is 0. The second kappa shape index (κ2) is 6.69. The third kappa shape index (κ3) is 2.88. The molecule has 7 heteroatoms. The van der Waals surface area contributed by atoms with E-state index in [9.17, 15) is 14.4 Å². The molecule has 4 aliphatic rings. The van der Waals surface area contributed by atoms with E-state index < -0.39 is 12.2 Å². The average molecular weight is 390 g/mol. The number of amides is 4. The minimum Gasteiger partial charge on any atom is -0.317 e. The van der Waals surface area contributed by atoms with Crippen LogP contribution in [0.15, 0.2) is 48.7 Å². The Hall–Kier alpha value is -3.22. The van der Waals surface area contributed by atoms with Crippen LogP contribution in [0.3, 0.4) is 0 Å². The monoisotopic (exact) mass is 390 g/mol. The SMILES string of the molecule is CC(NC(=O)Nc1ccc2ncccc2c1)N1C(=O)C2C3C=CC(CC3)C2C1=O. The van der Waals surface area contributed by atoms with Crippen LogP contribution in [-0.4, -0.2) is 33.9 Å². The molecule has 1 saturated carbocycles. The number of aromatic nitrogens is 1. The van der Waals surface area contributed by atoms with Crippen molar-refractivity contribution >= 4 is 34.4 Å². The molecular formula is C22H22N4O3. The number of pyridine rings is 1. The fourth-order valence-corrected chi connectivity index (χ4v) is 5.05. The van der Waals surface area contributed by atoms with E-state index in [1.807, 2.05) is 24.3 Å². The van der Waals surface area contributed by atoms with Crippen molar-refractivity contribution in [3.05, 3.63) is 48.7 Å². The van der Waals surface area contributed by atoms with Crippen LogP contribution in [0.2, 0.25) is 0 Å². The van der Waals surface area contributed by atoms with Crippen LogP contribution in [0.4, 0.5) is 10.5 Å². The van der Waals surface area contributed by atoms with Gasteiger partial charge in [-0.1, -0.05) is 18.2 Å². The summed E-state index contributed by atoms with van der Waals surface area (Å²) in [5, 5.41) is 6.42. The molecule has 7 nitrogen and oxygen atoms in total. The summed E-state index contributed by atoms with van der Waals surface area (Å²) in [6, 6.07) is 8.72. The Labute approximate surface area is 168 Å². The highest BCUT2D eigenvalue weighted by Gasteiger charge is 2.57. The molecule has 1 aromatic heterocycles. The molecule has 5 unspecified atom stereocenters. The van der Waals surface area contributed by atoms with E-state index in [-0.39, 0.29) is 35.5 Å². The number of imide groups is 1. The summed E-state index contributed by atoms with van der Waals surface area (Å²) in [4.78, 5) is 43.9. The molecule has 2 heterocycles. The zero-order chi connectivity index (χ0) is 20.1. The number of likely N-dealkylation sites (tertiary alicyclic amines) is 1. The van der Waals surface area contributed by atoms with Crippen molar-refractivity contribution in [2.24, 2.45) is 23.7 Å². The second-order valence-corrected chi connectivity index (χ2v) is 8.07. The number of nitrogens with zero attached hydrogens (tertiary/aromatic N) is 2. The molecule has 1 aromatic carbocycles. The van der Waals surface area contributed by atoms with Gasteiger partial charge in [-0.25, -0.2) is 4.79 Å². The van der Waals surface area contributed by atoms with Gasteiger partial charge in [-0.3, -0.25) is 19.5 Å². The van der Waals surface area contributed by atoms with Crippen LogP contribution < -0.4 is 10.6 Å². The van der Waals surface area contributed by atoms with Gasteiger partial charge in [-0.2, -0.15) is 0 Å². The molecule has 4 amide bonds. The minimum atomic E-state index is -0.706. The zero-order valence-corrected chi connectivity index (χ0v) is 16.0. The van der Waals surface area contributed by atoms with E-state index in [2.05, 4.69) is 27.8 Å². The van der Waals surface area contributed by atoms with Gasteiger partial charge in [0.25, 0.3) is 0 Å². The maximum Gasteiger partial charge on any atom is 0.320 e. The lowest BCUT2D eigenvalue weighted by Crippen LogP contribution is -2.50. The van der Waals surface area contributed by atoms with Gasteiger partial charge in [0.1, 0.15) is 6.17 Å². The largest absolute Gasteiger partial charge is 0.320 e. The van der Waals surface area contributed by atoms with Gasteiger partial charge in [0, 0.05) is 17.3 Å². The molecule has 2 fully saturated rings. The number of benzene rings is 1. The number of carbonyl (C=O) groups excluding carboxylic acids is 3. The predicted molar refractivity (Wildman–Crippen MR) is 108 cm³/mol. The number of rotatable bonds is 3. The van der Waals surface area contributed by atoms with Gasteiger partial charge in [-0.15, -0.1) is 0 Å². The lowest BCUT2D eigenvalue weighted by molar-refractivity contribution is -0.142. The number of hydrogen-bond donors (Lipinski definition) is 2. The summed E-state index contributed by atoms with van der Waals surface area (Å²) in [6.07, 6.45) is 7.09. The summed E-state index contributed by atoms with van der Waals surface area (Å²) in [5.41, 5.74) is 1.45. The lowest BCUT2D eigenvalue weighted by atomic mass is 9.63. The van der Waals surface area contributed by atoms with Crippen molar-refractivity contribution in [2.45, 2.75) is 25.9 Å². The van der Waals surface area contributed by atoms with Crippen molar-refractivity contribution in [3.8, 4) is 0 Å². The normalized spacial score (nSPS) is 28.5. The van der Waals surface area contributed by atoms with E-state index in [1.165, 1.54) is 4.90 Å². The predicted octanol–water partition coefficient (Wildman–Crippen LogP) is 2.90. The third-order valence-corrected chi connectivity index (χ3v) is 6.38. The Kier molecular flexibility index (Phi) is 4.12. The van der Waals surface area contributed by atoms with Crippen LogP contribution in [-0.2, 0) is 9.59 Å². The van der Waals surface area contributed by atoms with Crippen LogP contribution in [0.25, 0.3) is 10.9 Å². The van der Waals surface area contributed by atoms with E-state index in [4.69, 9.17) is 0 Å². The Balaban J connectivity index is 1.28. The number of carbonyl (C=O) groups is 3. The molecule has 2 aromatic rings. The molecule has 1 aliphatic heterocycles. The Bertz CT molecular complexity index is 1020. The molecule has 148 valence electrons. The fourth-order valence-electron chi connectivity index (χ4n) is 5.05. The summed E-state index contributed by atoms with van der Waals surface area (Å²) in [6.45, 7) is 1.67. The summed E-state index contributed by atoms with van der Waals surface area (Å²) in [5.74, 6) is -0.595. The van der Waals surface area contributed by atoms with E-state index in [0.29, 0.717) is 5.69 Å². The molecular weight excluding hydrogens is 368 g/mol. The average Bonchev–Trinajstić information content (AvgIpc) is 3.01. The molecule has 3 aliphatic carbocycles. The Morgan fingerprint density at radius 2 is 1.79 bits per heavy atom. The number of nitrogens with one attached hydrogen (secondary N) is 2. The van der Waals surface area contributed by atoms with Gasteiger partial charge in [0.15, 0.2) is 0 Å². The van der Waals surface area contributed by atoms with Crippen LogP contribution in [0, 0.1) is 23.7 Å². The van der Waals surface area contributed by atoms with Gasteiger partial charge in [0.05, 0.1) is 17.4 Å². The first-order valence-electron chi connectivity index (χ1n) is 10.0. The van der Waals surface area contributed by atoms with Crippen LogP contribution in [0.5, 0.6) is 0 Å². The van der Waals surface area contributed by atoms with Crippen molar-refractivity contribution in [1.82, 2.24) is 15.2 Å². The summed E-state index contributed by atoms with van der Waals surface area (Å²) >= 11 is 0. The van der Waals surface area contributed by atoms with Crippen molar-refractivity contribution in [2.75, 3.05) is 5.32 Å². The number of allylic oxidation sites excluding steroid dienone is 2. The molecule has 1 saturated heterocycles. The quantitative estimate of drug-likeness (QED) is 0.623. The van der Waals surface area contributed by atoms with Gasteiger partial charge >= 0.3 is 6.03 Å². The molecule has 0 radical (unpaired) electrons. The second-order valence-electron chi connectivity index (χ2n) is 8.07. The van der Waals surface area contributed by atoms with Crippen molar-refractivity contribution in [1.29, 1.82) is 0 Å². The van der Waals surface area contributed by atoms with Gasteiger partial charge in [0.2, 0.25) is 11.8 Å². The Morgan fingerprint density at radius 3 is 2.45 bits per heavy atom. The third-order valence-electron chi connectivity index (χ3n) is 6.38. The molecule has 0 spiro atoms. The number of urea groups is 1. The Morgan fingerprint density at radius 1 is 1.10 bits per heavy atom. The maximum absolute atomic E-state index is 13.0. The lowest BCUT2D eigenvalue weighted by Gasteiger charge is -2.38. The molecule has 5 atom stereocenters. The first kappa shape index (κ1) is 17.8. The van der Waals surface area contributed by atoms with E-state index in [0.717, 1.165) is 23.7 Å². The van der Waals surface area contributed by atoms with Gasteiger partial charge in [-0.05, 0) is 55.9 Å². The summed E-state index contributed by atoms with van der Waals surface area (Å²) in [7, 11) is 0. The standard InChI is InChI=1S/C22H22N4O3/c1-12(24-22(29)25-16-8-9-17-15(11-16)3-2-10-23-17)26-20(27)18-13-4-5-14(7-6-13)19(18)21(26)28/h2-5,8-14,18-19H,6-7H2,1H3,(H2,24,25,29). The topological polar surface area (TPSA) is 91.4 Å². The maximum atomic E-state index is 13.0. The van der Waals surface area contributed by atoms with Crippen LogP contribution in [0.1, 0.15) is 19.8 Å². The molecule has 29 heavy (non-hydrogen) atoms. The van der Waals surface area contributed by atoms with Gasteiger partial charge < -0.3 is 10.6 Å². The molecule has 2 N–H and O–H groups in total. The molecule has 6 rings (SSSR count). The first-order chi connectivity index (χ1) is 14.0. The highest BCUT2D eigenvalue weighted by Crippen LogP contribution is 2.49. The van der Waals surface area contributed by atoms with Crippen molar-refractivity contribution in [3.63, 3.8) is 0 Å². The van der Waals surface area contributed by atoms with Crippen molar-refractivity contribution < 1.29 is 14.4 Å². The number of hydrogen-bond acceptors (Lipinski definition) is 4. The highest BCUT2D eigenvalue weighted by molar-refractivity contribution is 6.06. The van der Waals surface area contributed by atoms with E-state index >= 15 is 0 Å². The van der Waals surface area contributed by atoms with Crippen LogP contribution >= 0.6 is 0 Å². The number of anilines is 1.